The van der Waals surface area contributed by atoms with Crippen molar-refractivity contribution in [1.82, 2.24) is 4.90 Å². The van der Waals surface area contributed by atoms with Crippen LogP contribution in [-0.4, -0.2) is 51.4 Å². The third-order valence-corrected chi connectivity index (χ3v) is 24.6. The van der Waals surface area contributed by atoms with Crippen molar-refractivity contribution in [2.24, 2.45) is 11.3 Å². The standard InChI is InChI=1S/C15H28NO3.3C4H9.Sn/c1-11(13(2,3)4)9-18-12(17)16-14(5,6)10-19-15(16,7)8;3*1-3-4-2;/h9,11H,10H2,1-8H3;3*1,3-4H2,2H3;/t11-;;;;/m0..../s1. The number of rotatable bonds is 12. The molecular weight excluding hydrogens is 505 g/mol. The molecule has 0 bridgehead atoms. The van der Waals surface area contributed by atoms with E-state index in [2.05, 4.69) is 62.3 Å². The predicted molar refractivity (Wildman–Crippen MR) is 140 cm³/mol. The van der Waals surface area contributed by atoms with E-state index in [0.29, 0.717) is 12.5 Å². The third kappa shape index (κ3) is 7.51. The van der Waals surface area contributed by atoms with E-state index in [0.717, 1.165) is 0 Å². The molecule has 0 unspecified atom stereocenters. The molecule has 5 heteroatoms. The first-order chi connectivity index (χ1) is 14.7. The van der Waals surface area contributed by atoms with E-state index in [1.807, 2.05) is 18.7 Å². The van der Waals surface area contributed by atoms with Gasteiger partial charge >= 0.3 is 205 Å². The van der Waals surface area contributed by atoms with Crippen molar-refractivity contribution < 1.29 is 14.3 Å². The number of hydrogen-bond acceptors (Lipinski definition) is 3. The van der Waals surface area contributed by atoms with Crippen LogP contribution in [0.15, 0.2) is 0 Å². The van der Waals surface area contributed by atoms with E-state index in [4.69, 9.17) is 9.47 Å². The van der Waals surface area contributed by atoms with Gasteiger partial charge in [-0.25, -0.2) is 0 Å². The summed E-state index contributed by atoms with van der Waals surface area (Å²) in [6.07, 6.45) is 7.34. The van der Waals surface area contributed by atoms with Crippen molar-refractivity contribution in [3.8, 4) is 0 Å². The zero-order chi connectivity index (χ0) is 24.8. The van der Waals surface area contributed by atoms with Crippen LogP contribution in [0.25, 0.3) is 0 Å². The first kappa shape index (κ1) is 30.1. The Kier molecular flexibility index (Phi) is 11.4. The Morgan fingerprint density at radius 2 is 1.41 bits per heavy atom. The van der Waals surface area contributed by atoms with Crippen molar-refractivity contribution >= 4 is 24.5 Å². The molecule has 0 N–H and O–H groups in total. The summed E-state index contributed by atoms with van der Waals surface area (Å²) in [4.78, 5) is 15.7. The van der Waals surface area contributed by atoms with Crippen molar-refractivity contribution in [2.75, 3.05) is 6.61 Å². The van der Waals surface area contributed by atoms with Crippen LogP contribution in [0.1, 0.15) is 115 Å². The van der Waals surface area contributed by atoms with Crippen LogP contribution in [0.2, 0.25) is 13.3 Å². The normalized spacial score (nSPS) is 20.3. The van der Waals surface area contributed by atoms with Crippen LogP contribution in [0, 0.1) is 11.3 Å². The molecule has 0 radical (unpaired) electrons. The van der Waals surface area contributed by atoms with Crippen LogP contribution in [0.4, 0.5) is 4.79 Å². The molecule has 0 aromatic heterocycles. The number of hydrogen-bond donors (Lipinski definition) is 0. The summed E-state index contributed by atoms with van der Waals surface area (Å²) in [5.74, 6) is 0.350. The average molecular weight is 560 g/mol. The molecule has 190 valence electrons. The summed E-state index contributed by atoms with van der Waals surface area (Å²) in [5.41, 5.74) is -0.889. The van der Waals surface area contributed by atoms with Gasteiger partial charge in [-0.1, -0.05) is 0 Å². The summed E-state index contributed by atoms with van der Waals surface area (Å²) in [7, 11) is 0. The van der Waals surface area contributed by atoms with Gasteiger partial charge in [0.15, 0.2) is 0 Å². The van der Waals surface area contributed by atoms with E-state index in [1.54, 1.807) is 0 Å². The Bertz CT molecular complexity index is 544. The Labute approximate surface area is 204 Å². The van der Waals surface area contributed by atoms with Gasteiger partial charge in [0, 0.05) is 0 Å². The number of unbranched alkanes of at least 4 members (excludes halogenated alkanes) is 3. The molecule has 1 amide bonds. The van der Waals surface area contributed by atoms with Crippen LogP contribution >= 0.6 is 0 Å². The van der Waals surface area contributed by atoms with E-state index in [9.17, 15) is 4.79 Å². The zero-order valence-electron chi connectivity index (χ0n) is 23.4. The van der Waals surface area contributed by atoms with Gasteiger partial charge in [-0.05, 0) is 0 Å². The van der Waals surface area contributed by atoms with E-state index < -0.39 is 24.1 Å². The second-order valence-corrected chi connectivity index (χ2v) is 26.2. The quantitative estimate of drug-likeness (QED) is 0.225. The number of carbonyl (C=O) groups excluding carboxylic acids is 1. The summed E-state index contributed by atoms with van der Waals surface area (Å²) in [5, 5.41) is 0. The summed E-state index contributed by atoms with van der Waals surface area (Å²) < 4.78 is 16.9. The van der Waals surface area contributed by atoms with E-state index in [1.165, 1.54) is 51.8 Å². The topological polar surface area (TPSA) is 38.8 Å². The van der Waals surface area contributed by atoms with Gasteiger partial charge in [0.2, 0.25) is 0 Å². The predicted octanol–water partition coefficient (Wildman–Crippen LogP) is 8.41. The minimum absolute atomic E-state index is 0.101. The Morgan fingerprint density at radius 1 is 0.969 bits per heavy atom. The van der Waals surface area contributed by atoms with Crippen LogP contribution in [0.5, 0.6) is 0 Å². The fourth-order valence-corrected chi connectivity index (χ4v) is 24.5. The molecule has 0 aromatic carbocycles. The van der Waals surface area contributed by atoms with Gasteiger partial charge in [0.25, 0.3) is 0 Å². The molecule has 0 saturated carbocycles. The first-order valence-electron chi connectivity index (χ1n) is 13.3. The van der Waals surface area contributed by atoms with Crippen LogP contribution in [0.3, 0.4) is 0 Å². The molecule has 4 nitrogen and oxygen atoms in total. The van der Waals surface area contributed by atoms with E-state index in [-0.39, 0.29) is 21.2 Å². The molecule has 1 heterocycles. The van der Waals surface area contributed by atoms with Gasteiger partial charge in [-0.3, -0.25) is 0 Å². The molecule has 1 aliphatic rings. The van der Waals surface area contributed by atoms with Gasteiger partial charge in [-0.2, -0.15) is 0 Å². The summed E-state index contributed by atoms with van der Waals surface area (Å²) in [6.45, 7) is 24.9. The van der Waals surface area contributed by atoms with Crippen molar-refractivity contribution in [2.45, 2.75) is 143 Å². The molecule has 2 atom stereocenters. The minimum atomic E-state index is -2.85. The molecule has 1 saturated heterocycles. The fraction of sp³-hybridized carbons (Fsp3) is 0.963. The summed E-state index contributed by atoms with van der Waals surface area (Å²) in [6, 6.07) is 0. The Balaban J connectivity index is 3.46. The molecule has 1 fully saturated rings. The third-order valence-electron chi connectivity index (χ3n) is 7.84. The monoisotopic (exact) mass is 561 g/mol. The molecule has 0 aromatic rings. The average Bonchev–Trinajstić information content (AvgIpc) is 2.92. The second-order valence-electron chi connectivity index (χ2n) is 12.5. The SMILES string of the molecule is CCC[CH2][Sn]([CH2]CCC)([CH2]CCC)[C@H](OC(=O)N1C(C)(C)COC1(C)C)[C@H](C)C(C)(C)C. The van der Waals surface area contributed by atoms with E-state index >= 15 is 0 Å². The summed E-state index contributed by atoms with van der Waals surface area (Å²) >= 11 is -2.85. The molecular formula is C27H55NO3Sn. The maximum atomic E-state index is 13.8. The Morgan fingerprint density at radius 3 is 1.72 bits per heavy atom. The zero-order valence-corrected chi connectivity index (χ0v) is 26.3. The van der Waals surface area contributed by atoms with Crippen molar-refractivity contribution in [3.63, 3.8) is 0 Å². The van der Waals surface area contributed by atoms with Crippen LogP contribution < -0.4 is 0 Å². The number of ether oxygens (including phenoxy) is 2. The van der Waals surface area contributed by atoms with Crippen molar-refractivity contribution in [1.29, 1.82) is 0 Å². The fourth-order valence-electron chi connectivity index (χ4n) is 5.44. The molecule has 1 aliphatic heterocycles. The number of nitrogens with zero attached hydrogens (tertiary/aromatic N) is 1. The molecule has 32 heavy (non-hydrogen) atoms. The number of amides is 1. The van der Waals surface area contributed by atoms with Gasteiger partial charge in [-0.15, -0.1) is 0 Å². The van der Waals surface area contributed by atoms with Crippen molar-refractivity contribution in [3.05, 3.63) is 0 Å². The Hall–Kier alpha value is 0.0287. The molecule has 0 spiro atoms. The first-order valence-corrected chi connectivity index (χ1v) is 21.0. The molecule has 0 aliphatic carbocycles. The van der Waals surface area contributed by atoms with Gasteiger partial charge in [0.05, 0.1) is 0 Å². The maximum absolute atomic E-state index is 13.8. The number of carbonyl (C=O) groups is 1. The van der Waals surface area contributed by atoms with Crippen LogP contribution in [-0.2, 0) is 9.47 Å². The molecule has 1 rings (SSSR count). The second kappa shape index (κ2) is 12.1. The van der Waals surface area contributed by atoms with Gasteiger partial charge in [0.1, 0.15) is 0 Å². The van der Waals surface area contributed by atoms with Gasteiger partial charge < -0.3 is 0 Å².